The summed E-state index contributed by atoms with van der Waals surface area (Å²) in [5.41, 5.74) is -0.742. The van der Waals surface area contributed by atoms with Crippen LogP contribution in [0.2, 0.25) is 0 Å². The molecule has 0 heterocycles. The van der Waals surface area contributed by atoms with Crippen LogP contribution >= 0.6 is 0 Å². The normalized spacial score (nSPS) is 26.5. The summed E-state index contributed by atoms with van der Waals surface area (Å²) < 4.78 is 5.56. The number of rotatable bonds is 2. The van der Waals surface area contributed by atoms with Crippen molar-refractivity contribution in [3.8, 4) is 11.5 Å². The summed E-state index contributed by atoms with van der Waals surface area (Å²) in [6.07, 6.45) is -0.0875. The van der Waals surface area contributed by atoms with Gasteiger partial charge in [-0.3, -0.25) is 4.79 Å². The van der Waals surface area contributed by atoms with Gasteiger partial charge < -0.3 is 20.1 Å². The van der Waals surface area contributed by atoms with E-state index in [1.54, 1.807) is 48.5 Å². The molecule has 0 amide bonds. The number of carbonyl (C=O) groups is 1. The van der Waals surface area contributed by atoms with Crippen molar-refractivity contribution < 1.29 is 24.9 Å². The Morgan fingerprint density at radius 3 is 2.31 bits per heavy atom. The summed E-state index contributed by atoms with van der Waals surface area (Å²) in [5, 5.41) is 34.0. The molecule has 3 N–H and O–H groups in total. The van der Waals surface area contributed by atoms with Gasteiger partial charge in [0.2, 0.25) is 0 Å². The molecule has 3 unspecified atom stereocenters. The molecule has 0 aromatic heterocycles. The van der Waals surface area contributed by atoms with E-state index in [1.165, 1.54) is 6.07 Å². The first-order valence-electron chi connectivity index (χ1n) is 9.52. The van der Waals surface area contributed by atoms with Gasteiger partial charge in [-0.1, -0.05) is 54.1 Å². The largest absolute Gasteiger partial charge is 0.508 e. The van der Waals surface area contributed by atoms with E-state index in [4.69, 9.17) is 4.74 Å². The lowest BCUT2D eigenvalue weighted by Crippen LogP contribution is -2.57. The van der Waals surface area contributed by atoms with Gasteiger partial charge in [0.05, 0.1) is 5.92 Å². The number of hydrogen-bond acceptors (Lipinski definition) is 5. The topological polar surface area (TPSA) is 87.0 Å². The number of fused-ring (bicyclic) bond motifs is 1. The average Bonchev–Trinajstić information content (AvgIpc) is 2.71. The zero-order valence-corrected chi connectivity index (χ0v) is 15.8. The van der Waals surface area contributed by atoms with Gasteiger partial charge in [-0.05, 0) is 41.8 Å². The van der Waals surface area contributed by atoms with Crippen LogP contribution in [0.15, 0.2) is 66.7 Å². The van der Waals surface area contributed by atoms with Gasteiger partial charge in [-0.25, -0.2) is 0 Å². The SMILES string of the molecule is Cc1ccc(OC(=O)C2CC3(O)c4ccccc4C2(O)c2cccc(O)c23)cc1. The molecule has 3 aliphatic rings. The first kappa shape index (κ1) is 17.9. The van der Waals surface area contributed by atoms with Crippen molar-refractivity contribution in [2.45, 2.75) is 24.5 Å². The van der Waals surface area contributed by atoms with Gasteiger partial charge in [-0.15, -0.1) is 0 Å². The number of aryl methyl sites for hydroxylation is 1. The molecule has 146 valence electrons. The molecular formula is C24H20O5. The van der Waals surface area contributed by atoms with E-state index in [-0.39, 0.29) is 17.7 Å². The van der Waals surface area contributed by atoms with Crippen LogP contribution in [0.5, 0.6) is 11.5 Å². The zero-order chi connectivity index (χ0) is 20.4. The second-order valence-electron chi connectivity index (χ2n) is 7.86. The number of hydrogen-bond donors (Lipinski definition) is 3. The Labute approximate surface area is 167 Å². The Kier molecular flexibility index (Phi) is 3.66. The van der Waals surface area contributed by atoms with Crippen LogP contribution < -0.4 is 4.74 Å². The van der Waals surface area contributed by atoms with E-state index in [2.05, 4.69) is 0 Å². The number of ether oxygens (including phenoxy) is 1. The van der Waals surface area contributed by atoms with Gasteiger partial charge in [-0.2, -0.15) is 0 Å². The van der Waals surface area contributed by atoms with Crippen molar-refractivity contribution in [1.82, 2.24) is 0 Å². The molecule has 0 aliphatic heterocycles. The molecule has 0 saturated heterocycles. The van der Waals surface area contributed by atoms with Crippen LogP contribution in [0.1, 0.15) is 34.2 Å². The second kappa shape index (κ2) is 5.92. The van der Waals surface area contributed by atoms with Crippen LogP contribution in [-0.2, 0) is 16.0 Å². The Morgan fingerprint density at radius 2 is 1.59 bits per heavy atom. The minimum absolute atomic E-state index is 0.0875. The van der Waals surface area contributed by atoms with Crippen molar-refractivity contribution in [1.29, 1.82) is 0 Å². The van der Waals surface area contributed by atoms with Crippen LogP contribution in [0.25, 0.3) is 0 Å². The predicted octanol–water partition coefficient (Wildman–Crippen LogP) is 3.11. The molecule has 3 aromatic rings. The van der Waals surface area contributed by atoms with Gasteiger partial charge in [0, 0.05) is 12.0 Å². The molecule has 0 spiro atoms. The lowest BCUT2D eigenvalue weighted by Gasteiger charge is -2.53. The van der Waals surface area contributed by atoms with E-state index >= 15 is 0 Å². The lowest BCUT2D eigenvalue weighted by atomic mass is 9.54. The predicted molar refractivity (Wildman–Crippen MR) is 105 cm³/mol. The van der Waals surface area contributed by atoms with Gasteiger partial charge in [0.15, 0.2) is 0 Å². The first-order chi connectivity index (χ1) is 13.9. The fraction of sp³-hybridized carbons (Fsp3) is 0.208. The first-order valence-corrected chi connectivity index (χ1v) is 9.52. The molecule has 0 saturated carbocycles. The van der Waals surface area contributed by atoms with Crippen molar-refractivity contribution >= 4 is 5.97 Å². The number of esters is 1. The quantitative estimate of drug-likeness (QED) is 0.464. The number of aromatic hydroxyl groups is 1. The van der Waals surface area contributed by atoms with E-state index in [0.29, 0.717) is 22.4 Å². The third-order valence-corrected chi connectivity index (χ3v) is 6.18. The maximum Gasteiger partial charge on any atom is 0.318 e. The molecular weight excluding hydrogens is 368 g/mol. The highest BCUT2D eigenvalue weighted by Gasteiger charge is 2.63. The minimum atomic E-state index is -1.71. The van der Waals surface area contributed by atoms with Crippen molar-refractivity contribution in [3.05, 3.63) is 94.5 Å². The van der Waals surface area contributed by atoms with Crippen LogP contribution in [0.3, 0.4) is 0 Å². The average molecular weight is 388 g/mol. The van der Waals surface area contributed by atoms with Gasteiger partial charge in [0.1, 0.15) is 22.7 Å². The molecule has 0 fully saturated rings. The van der Waals surface area contributed by atoms with Gasteiger partial charge in [0.25, 0.3) is 0 Å². The second-order valence-corrected chi connectivity index (χ2v) is 7.86. The highest BCUT2D eigenvalue weighted by molar-refractivity contribution is 5.81. The van der Waals surface area contributed by atoms with E-state index in [0.717, 1.165) is 5.56 Å². The summed E-state index contributed by atoms with van der Waals surface area (Å²) in [6, 6.07) is 18.7. The number of carbonyl (C=O) groups excluding carboxylic acids is 1. The number of benzene rings is 3. The van der Waals surface area contributed by atoms with Crippen molar-refractivity contribution in [2.24, 2.45) is 5.92 Å². The Bertz CT molecular complexity index is 1140. The molecule has 3 atom stereocenters. The molecule has 6 rings (SSSR count). The summed E-state index contributed by atoms with van der Waals surface area (Å²) in [7, 11) is 0. The number of aliphatic hydroxyl groups is 2. The Balaban J connectivity index is 1.67. The van der Waals surface area contributed by atoms with E-state index < -0.39 is 23.1 Å². The smallest absolute Gasteiger partial charge is 0.318 e. The summed E-state index contributed by atoms with van der Waals surface area (Å²) in [5.74, 6) is -1.39. The summed E-state index contributed by atoms with van der Waals surface area (Å²) in [4.78, 5) is 13.1. The van der Waals surface area contributed by atoms with Crippen LogP contribution in [-0.4, -0.2) is 21.3 Å². The van der Waals surface area contributed by atoms with E-state index in [9.17, 15) is 20.1 Å². The lowest BCUT2D eigenvalue weighted by molar-refractivity contribution is -0.157. The Morgan fingerprint density at radius 1 is 0.931 bits per heavy atom. The fourth-order valence-electron chi connectivity index (χ4n) is 4.83. The number of phenolic OH excluding ortho intramolecular Hbond substituents is 1. The molecule has 0 radical (unpaired) electrons. The molecule has 3 aromatic carbocycles. The third kappa shape index (κ3) is 2.32. The molecule has 2 bridgehead atoms. The standard InChI is InChI=1S/C24H20O5/c1-14-9-11-15(12-10-14)29-22(26)19-13-23(27)16-5-2-3-6-17(16)24(19,28)18-7-4-8-20(25)21(18)23/h2-12,19,25,27-28H,13H2,1H3. The monoisotopic (exact) mass is 388 g/mol. The molecule has 5 nitrogen and oxygen atoms in total. The number of phenols is 1. The Hall–Kier alpha value is -3.15. The van der Waals surface area contributed by atoms with Crippen molar-refractivity contribution in [2.75, 3.05) is 0 Å². The highest BCUT2D eigenvalue weighted by atomic mass is 16.5. The zero-order valence-electron chi connectivity index (χ0n) is 15.8. The van der Waals surface area contributed by atoms with Gasteiger partial charge >= 0.3 is 5.97 Å². The van der Waals surface area contributed by atoms with Crippen LogP contribution in [0.4, 0.5) is 0 Å². The summed E-state index contributed by atoms with van der Waals surface area (Å²) in [6.45, 7) is 1.93. The highest BCUT2D eigenvalue weighted by Crippen LogP contribution is 2.61. The fourth-order valence-corrected chi connectivity index (χ4v) is 4.83. The van der Waals surface area contributed by atoms with Crippen molar-refractivity contribution in [3.63, 3.8) is 0 Å². The summed E-state index contributed by atoms with van der Waals surface area (Å²) >= 11 is 0. The maximum atomic E-state index is 13.1. The molecule has 29 heavy (non-hydrogen) atoms. The minimum Gasteiger partial charge on any atom is -0.508 e. The third-order valence-electron chi connectivity index (χ3n) is 6.18. The molecule has 3 aliphatic carbocycles. The van der Waals surface area contributed by atoms with E-state index in [1.807, 2.05) is 19.1 Å². The maximum absolute atomic E-state index is 13.1. The molecule has 5 heteroatoms. The van der Waals surface area contributed by atoms with Crippen LogP contribution in [0, 0.1) is 12.8 Å².